The smallest absolute Gasteiger partial charge is 0.242 e. The van der Waals surface area contributed by atoms with Crippen molar-refractivity contribution in [3.8, 4) is 0 Å². The quantitative estimate of drug-likeness (QED) is 0.313. The van der Waals surface area contributed by atoms with Gasteiger partial charge in [-0.05, 0) is 49.1 Å². The number of hydrogen-bond donors (Lipinski definition) is 1. The van der Waals surface area contributed by atoms with Gasteiger partial charge in [-0.1, -0.05) is 62.2 Å². The third-order valence-electron chi connectivity index (χ3n) is 5.10. The summed E-state index contributed by atoms with van der Waals surface area (Å²) in [7, 11) is 0. The lowest BCUT2D eigenvalue weighted by Crippen LogP contribution is -2.50. The maximum atomic E-state index is 13.2. The fraction of sp³-hybridized carbons (Fsp3) is 0.440. The van der Waals surface area contributed by atoms with E-state index in [4.69, 9.17) is 11.6 Å². The maximum Gasteiger partial charge on any atom is 0.242 e. The molecular weight excluding hydrogens is 428 g/mol. The van der Waals surface area contributed by atoms with Crippen molar-refractivity contribution in [2.75, 3.05) is 18.8 Å². The predicted octanol–water partition coefficient (Wildman–Crippen LogP) is 5.59. The number of nitrogens with zero attached hydrogens (tertiary/aromatic N) is 1. The Morgan fingerprint density at radius 3 is 2.42 bits per heavy atom. The highest BCUT2D eigenvalue weighted by atomic mass is 35.5. The van der Waals surface area contributed by atoms with Crippen LogP contribution in [0.1, 0.15) is 45.1 Å². The second kappa shape index (κ2) is 14.2. The van der Waals surface area contributed by atoms with Gasteiger partial charge in [0.05, 0.1) is 0 Å². The van der Waals surface area contributed by atoms with E-state index in [0.29, 0.717) is 36.7 Å². The fourth-order valence-electron chi connectivity index (χ4n) is 3.33. The number of rotatable bonds is 13. The van der Waals surface area contributed by atoms with Gasteiger partial charge in [-0.3, -0.25) is 9.59 Å². The lowest BCUT2D eigenvalue weighted by molar-refractivity contribution is -0.140. The number of amides is 2. The third kappa shape index (κ3) is 8.96. The van der Waals surface area contributed by atoms with E-state index in [1.807, 2.05) is 49.4 Å². The molecule has 2 aromatic carbocycles. The molecule has 4 nitrogen and oxygen atoms in total. The number of halogens is 1. The summed E-state index contributed by atoms with van der Waals surface area (Å²) >= 11 is 7.57. The van der Waals surface area contributed by atoms with Crippen molar-refractivity contribution < 1.29 is 9.59 Å². The Hall–Kier alpha value is -1.98. The summed E-state index contributed by atoms with van der Waals surface area (Å²) in [5.74, 6) is 0.633. The summed E-state index contributed by atoms with van der Waals surface area (Å²) in [6.07, 6.45) is 3.69. The number of carbonyl (C=O) groups excluding carboxylic acids is 2. The van der Waals surface area contributed by atoms with Crippen molar-refractivity contribution in [1.82, 2.24) is 10.2 Å². The molecular formula is C25H33ClN2O2S. The average molecular weight is 461 g/mol. The highest BCUT2D eigenvalue weighted by Gasteiger charge is 2.27. The van der Waals surface area contributed by atoms with Crippen molar-refractivity contribution in [2.24, 2.45) is 0 Å². The summed E-state index contributed by atoms with van der Waals surface area (Å²) in [5, 5.41) is 3.71. The van der Waals surface area contributed by atoms with Crippen molar-refractivity contribution in [3.63, 3.8) is 0 Å². The van der Waals surface area contributed by atoms with Crippen LogP contribution in [0.25, 0.3) is 0 Å². The lowest BCUT2D eigenvalue weighted by Gasteiger charge is -2.30. The van der Waals surface area contributed by atoms with Gasteiger partial charge in [-0.15, -0.1) is 11.8 Å². The highest BCUT2D eigenvalue weighted by Crippen LogP contribution is 2.22. The minimum absolute atomic E-state index is 0.0230. The van der Waals surface area contributed by atoms with E-state index in [1.165, 1.54) is 0 Å². The van der Waals surface area contributed by atoms with Gasteiger partial charge in [0, 0.05) is 35.2 Å². The highest BCUT2D eigenvalue weighted by molar-refractivity contribution is 7.99. The van der Waals surface area contributed by atoms with Gasteiger partial charge in [-0.25, -0.2) is 0 Å². The Balaban J connectivity index is 2.02. The molecule has 0 saturated heterocycles. The molecule has 168 valence electrons. The van der Waals surface area contributed by atoms with Crippen LogP contribution in [0.3, 0.4) is 0 Å². The van der Waals surface area contributed by atoms with Gasteiger partial charge in [0.2, 0.25) is 11.8 Å². The van der Waals surface area contributed by atoms with Crippen LogP contribution in [0.2, 0.25) is 5.02 Å². The van der Waals surface area contributed by atoms with Crippen LogP contribution in [-0.4, -0.2) is 41.6 Å². The molecule has 2 rings (SSSR count). The molecule has 1 N–H and O–H groups in total. The van der Waals surface area contributed by atoms with E-state index in [1.54, 1.807) is 16.7 Å². The zero-order chi connectivity index (χ0) is 22.5. The van der Waals surface area contributed by atoms with Crippen molar-refractivity contribution >= 4 is 35.2 Å². The minimum atomic E-state index is -0.436. The molecule has 0 fully saturated rings. The second-order valence-corrected chi connectivity index (χ2v) is 9.05. The molecule has 0 aliphatic rings. The summed E-state index contributed by atoms with van der Waals surface area (Å²) in [5.41, 5.74) is 1.16. The average Bonchev–Trinajstić information content (AvgIpc) is 2.78. The first-order chi connectivity index (χ1) is 15.0. The Kier molecular flexibility index (Phi) is 11.5. The van der Waals surface area contributed by atoms with Crippen molar-refractivity contribution in [2.45, 2.75) is 56.9 Å². The Morgan fingerprint density at radius 1 is 1.06 bits per heavy atom. The van der Waals surface area contributed by atoms with E-state index in [2.05, 4.69) is 24.4 Å². The molecule has 0 aromatic heterocycles. The normalized spacial score (nSPS) is 11.7. The second-order valence-electron chi connectivity index (χ2n) is 7.44. The summed E-state index contributed by atoms with van der Waals surface area (Å²) in [6, 6.07) is 17.3. The van der Waals surface area contributed by atoms with Crippen LogP contribution in [0, 0.1) is 0 Å². The Labute approximate surface area is 195 Å². The Bertz CT molecular complexity index is 799. The zero-order valence-corrected chi connectivity index (χ0v) is 20.1. The molecule has 0 aliphatic carbocycles. The molecule has 0 bridgehead atoms. The van der Waals surface area contributed by atoms with Crippen LogP contribution >= 0.6 is 23.4 Å². The number of carbonyl (C=O) groups is 2. The Morgan fingerprint density at radius 2 is 1.77 bits per heavy atom. The fourth-order valence-corrected chi connectivity index (χ4v) is 4.30. The van der Waals surface area contributed by atoms with E-state index in [9.17, 15) is 9.59 Å². The van der Waals surface area contributed by atoms with Gasteiger partial charge >= 0.3 is 0 Å². The molecule has 31 heavy (non-hydrogen) atoms. The summed E-state index contributed by atoms with van der Waals surface area (Å²) in [6.45, 7) is 5.25. The monoisotopic (exact) mass is 460 g/mol. The molecule has 6 heteroatoms. The van der Waals surface area contributed by atoms with Crippen LogP contribution in [0.15, 0.2) is 59.5 Å². The van der Waals surface area contributed by atoms with E-state index in [-0.39, 0.29) is 11.8 Å². The van der Waals surface area contributed by atoms with Crippen LogP contribution in [-0.2, 0) is 16.0 Å². The topological polar surface area (TPSA) is 49.4 Å². The number of benzene rings is 2. The molecule has 1 unspecified atom stereocenters. The molecule has 0 saturated carbocycles. The SMILES string of the molecule is CCCCNC(=O)C(CC)N(CCc1ccccc1)C(=O)CCSc1ccc(Cl)cc1. The standard InChI is InChI=1S/C25H33ClN2O2S/c1-3-5-17-27-25(30)23(4-2)28(18-15-20-9-7-6-8-10-20)24(29)16-19-31-22-13-11-21(26)12-14-22/h6-14,23H,3-5,15-19H2,1-2H3,(H,27,30). The molecule has 1 atom stereocenters. The van der Waals surface area contributed by atoms with Crippen LogP contribution in [0.5, 0.6) is 0 Å². The molecule has 0 spiro atoms. The van der Waals surface area contributed by atoms with Crippen LogP contribution < -0.4 is 5.32 Å². The molecule has 2 amide bonds. The first kappa shape index (κ1) is 25.3. The minimum Gasteiger partial charge on any atom is -0.354 e. The van der Waals surface area contributed by atoms with Gasteiger partial charge in [0.1, 0.15) is 6.04 Å². The first-order valence-electron chi connectivity index (χ1n) is 11.0. The number of thioether (sulfide) groups is 1. The molecule has 2 aromatic rings. The molecule has 0 heterocycles. The largest absolute Gasteiger partial charge is 0.354 e. The van der Waals surface area contributed by atoms with Crippen LogP contribution in [0.4, 0.5) is 0 Å². The molecule has 0 aliphatic heterocycles. The van der Waals surface area contributed by atoms with Gasteiger partial charge < -0.3 is 10.2 Å². The van der Waals surface area contributed by atoms with E-state index < -0.39 is 6.04 Å². The van der Waals surface area contributed by atoms with Gasteiger partial charge in [0.15, 0.2) is 0 Å². The predicted molar refractivity (Wildman–Crippen MR) is 131 cm³/mol. The number of nitrogens with one attached hydrogen (secondary N) is 1. The summed E-state index contributed by atoms with van der Waals surface area (Å²) in [4.78, 5) is 28.8. The van der Waals surface area contributed by atoms with Crippen molar-refractivity contribution in [3.05, 3.63) is 65.2 Å². The van der Waals surface area contributed by atoms with Gasteiger partial charge in [-0.2, -0.15) is 0 Å². The maximum absolute atomic E-state index is 13.2. The first-order valence-corrected chi connectivity index (χ1v) is 12.4. The lowest BCUT2D eigenvalue weighted by atomic mass is 10.1. The third-order valence-corrected chi connectivity index (χ3v) is 6.36. The number of unbranched alkanes of at least 4 members (excludes halogenated alkanes) is 1. The summed E-state index contributed by atoms with van der Waals surface area (Å²) < 4.78 is 0. The molecule has 0 radical (unpaired) electrons. The zero-order valence-electron chi connectivity index (χ0n) is 18.5. The number of hydrogen-bond acceptors (Lipinski definition) is 3. The van der Waals surface area contributed by atoms with E-state index >= 15 is 0 Å². The van der Waals surface area contributed by atoms with Gasteiger partial charge in [0.25, 0.3) is 0 Å². The van der Waals surface area contributed by atoms with Crippen molar-refractivity contribution in [1.29, 1.82) is 0 Å². The van der Waals surface area contributed by atoms with E-state index in [0.717, 1.165) is 29.7 Å².